The van der Waals surface area contributed by atoms with Crippen molar-refractivity contribution in [1.29, 1.82) is 0 Å². The molecule has 1 unspecified atom stereocenters. The second kappa shape index (κ2) is 7.39. The number of aromatic nitrogens is 1. The summed E-state index contributed by atoms with van der Waals surface area (Å²) in [5, 5.41) is 2.72. The minimum absolute atomic E-state index is 0.275. The molecule has 3 aliphatic heterocycles. The van der Waals surface area contributed by atoms with E-state index in [9.17, 15) is 0 Å². The van der Waals surface area contributed by atoms with Gasteiger partial charge in [-0.05, 0) is 81.8 Å². The Morgan fingerprint density at radius 2 is 1.27 bits per heavy atom. The lowest BCUT2D eigenvalue weighted by atomic mass is 9.32. The summed E-state index contributed by atoms with van der Waals surface area (Å²) in [5.74, 6) is 0.275. The molecule has 1 aliphatic carbocycles. The van der Waals surface area contributed by atoms with Crippen molar-refractivity contribution in [2.75, 3.05) is 0 Å². The van der Waals surface area contributed by atoms with Gasteiger partial charge < -0.3 is 4.57 Å². The Morgan fingerprint density at radius 3 is 2.12 bits per heavy atom. The highest BCUT2D eigenvalue weighted by molar-refractivity contribution is 8.01. The standard InChI is InChI=1S/C37H20BNS2/c1-2-8-20(9-3-1)39-25-12-5-4-10-21(25)33-26(39)18-16-22-31(33)23-17-19-30-37-34(23)32(22)24-11-6-13-27-35(24)38(37)36-28(40-27)14-7-15-29(36)41-30/h1-19,32H. The Labute approximate surface area is 246 Å². The van der Waals surface area contributed by atoms with Gasteiger partial charge in [0, 0.05) is 42.0 Å². The van der Waals surface area contributed by atoms with Gasteiger partial charge in [-0.1, -0.05) is 101 Å². The van der Waals surface area contributed by atoms with E-state index >= 15 is 0 Å². The molecular formula is C37H20BNS2. The van der Waals surface area contributed by atoms with Gasteiger partial charge in [0.2, 0.25) is 6.71 Å². The largest absolute Gasteiger partial charge is 0.309 e. The lowest BCUT2D eigenvalue weighted by Crippen LogP contribution is -2.62. The number of fused-ring (bicyclic) bond motifs is 8. The fraction of sp³-hybridized carbons (Fsp3) is 0.0270. The average Bonchev–Trinajstić information content (AvgIpc) is 3.54. The lowest BCUT2D eigenvalue weighted by molar-refractivity contribution is 1.01. The van der Waals surface area contributed by atoms with Crippen LogP contribution in [0, 0.1) is 0 Å². The Bertz CT molecular complexity index is 2320. The van der Waals surface area contributed by atoms with Crippen LogP contribution >= 0.6 is 23.5 Å². The molecule has 4 heterocycles. The third kappa shape index (κ3) is 2.48. The van der Waals surface area contributed by atoms with Gasteiger partial charge >= 0.3 is 0 Å². The number of hydrogen-bond donors (Lipinski definition) is 0. The molecule has 0 fully saturated rings. The van der Waals surface area contributed by atoms with Gasteiger partial charge in [-0.25, -0.2) is 0 Å². The molecule has 7 aromatic rings. The normalized spacial score (nSPS) is 16.3. The molecule has 0 saturated carbocycles. The van der Waals surface area contributed by atoms with E-state index in [0.29, 0.717) is 6.71 Å². The van der Waals surface area contributed by atoms with Crippen molar-refractivity contribution in [3.05, 3.63) is 132 Å². The number of nitrogens with zero attached hydrogens (tertiary/aromatic N) is 1. The third-order valence-electron chi connectivity index (χ3n) is 9.74. The lowest BCUT2D eigenvalue weighted by Gasteiger charge is -2.40. The van der Waals surface area contributed by atoms with Crippen LogP contribution in [0.1, 0.15) is 22.6 Å². The van der Waals surface area contributed by atoms with Crippen molar-refractivity contribution >= 4 is 68.4 Å². The summed E-state index contributed by atoms with van der Waals surface area (Å²) in [6, 6.07) is 43.4. The monoisotopic (exact) mass is 553 g/mol. The fourth-order valence-electron chi connectivity index (χ4n) is 8.34. The topological polar surface area (TPSA) is 4.93 Å². The van der Waals surface area contributed by atoms with Crippen LogP contribution in [0.4, 0.5) is 0 Å². The Kier molecular flexibility index (Phi) is 3.89. The zero-order chi connectivity index (χ0) is 26.4. The SMILES string of the molecule is c1ccc(-n2c3ccccc3c3c4c(ccc32)C2c3cccc5c3B3c6c(cccc6Sc6ccc-4c2c63)S5)cc1. The molecule has 0 amide bonds. The summed E-state index contributed by atoms with van der Waals surface area (Å²) in [5.41, 5.74) is 15.8. The Hall–Kier alpha value is -4.12. The van der Waals surface area contributed by atoms with Crippen molar-refractivity contribution < 1.29 is 0 Å². The van der Waals surface area contributed by atoms with Crippen LogP contribution in [0.15, 0.2) is 135 Å². The smallest absolute Gasteiger partial charge is 0.247 e. The maximum atomic E-state index is 2.45. The first-order valence-electron chi connectivity index (χ1n) is 14.3. The first-order valence-corrected chi connectivity index (χ1v) is 15.9. The molecule has 0 radical (unpaired) electrons. The first kappa shape index (κ1) is 21.6. The van der Waals surface area contributed by atoms with Crippen molar-refractivity contribution in [2.45, 2.75) is 25.5 Å². The molecule has 1 aromatic heterocycles. The second-order valence-corrected chi connectivity index (χ2v) is 13.7. The molecule has 188 valence electrons. The van der Waals surface area contributed by atoms with Crippen LogP contribution in [0.25, 0.3) is 38.6 Å². The highest BCUT2D eigenvalue weighted by Gasteiger charge is 2.49. The summed E-state index contributed by atoms with van der Waals surface area (Å²) < 4.78 is 2.45. The summed E-state index contributed by atoms with van der Waals surface area (Å²) in [7, 11) is 0. The molecule has 41 heavy (non-hydrogen) atoms. The van der Waals surface area contributed by atoms with Gasteiger partial charge in [0.05, 0.1) is 11.0 Å². The average molecular weight is 554 g/mol. The van der Waals surface area contributed by atoms with E-state index in [-0.39, 0.29) is 5.92 Å². The van der Waals surface area contributed by atoms with Gasteiger partial charge in [-0.3, -0.25) is 0 Å². The molecule has 0 spiro atoms. The van der Waals surface area contributed by atoms with E-state index in [1.54, 1.807) is 16.5 Å². The summed E-state index contributed by atoms with van der Waals surface area (Å²) in [6.45, 7) is 0.326. The fourth-order valence-corrected chi connectivity index (χ4v) is 10.8. The Balaban J connectivity index is 1.31. The molecule has 4 aliphatic rings. The van der Waals surface area contributed by atoms with Gasteiger partial charge in [0.1, 0.15) is 0 Å². The highest BCUT2D eigenvalue weighted by atomic mass is 32.2. The maximum absolute atomic E-state index is 2.45. The van der Waals surface area contributed by atoms with Crippen LogP contribution in [0.5, 0.6) is 0 Å². The zero-order valence-electron chi connectivity index (χ0n) is 21.9. The molecular weight excluding hydrogens is 533 g/mol. The van der Waals surface area contributed by atoms with Crippen molar-refractivity contribution in [2.24, 2.45) is 0 Å². The number of hydrogen-bond acceptors (Lipinski definition) is 2. The zero-order valence-corrected chi connectivity index (χ0v) is 23.5. The molecule has 0 N–H and O–H groups in total. The van der Waals surface area contributed by atoms with E-state index in [1.165, 1.54) is 74.8 Å². The number of rotatable bonds is 1. The second-order valence-electron chi connectivity index (χ2n) is 11.5. The maximum Gasteiger partial charge on any atom is 0.247 e. The highest BCUT2D eigenvalue weighted by Crippen LogP contribution is 2.55. The van der Waals surface area contributed by atoms with E-state index in [0.717, 1.165) is 0 Å². The molecule has 4 heteroatoms. The quantitative estimate of drug-likeness (QED) is 0.192. The molecule has 0 saturated heterocycles. The van der Waals surface area contributed by atoms with Crippen molar-refractivity contribution in [1.82, 2.24) is 4.57 Å². The third-order valence-corrected chi connectivity index (χ3v) is 12.0. The van der Waals surface area contributed by atoms with Gasteiger partial charge in [0.15, 0.2) is 0 Å². The minimum Gasteiger partial charge on any atom is -0.309 e. The van der Waals surface area contributed by atoms with E-state index in [1.807, 2.05) is 23.5 Å². The van der Waals surface area contributed by atoms with Crippen LogP contribution in [-0.2, 0) is 0 Å². The van der Waals surface area contributed by atoms with E-state index in [4.69, 9.17) is 0 Å². The molecule has 11 rings (SSSR count). The molecule has 1 atom stereocenters. The van der Waals surface area contributed by atoms with Gasteiger partial charge in [-0.15, -0.1) is 0 Å². The predicted octanol–water partition coefficient (Wildman–Crippen LogP) is 7.70. The summed E-state index contributed by atoms with van der Waals surface area (Å²) in [6.07, 6.45) is 0. The molecule has 6 aromatic carbocycles. The Morgan fingerprint density at radius 1 is 0.537 bits per heavy atom. The number of benzene rings is 6. The van der Waals surface area contributed by atoms with Crippen molar-refractivity contribution in [3.63, 3.8) is 0 Å². The van der Waals surface area contributed by atoms with Gasteiger partial charge in [-0.2, -0.15) is 0 Å². The van der Waals surface area contributed by atoms with Crippen LogP contribution < -0.4 is 16.4 Å². The van der Waals surface area contributed by atoms with E-state index < -0.39 is 0 Å². The van der Waals surface area contributed by atoms with Crippen LogP contribution in [0.2, 0.25) is 0 Å². The minimum atomic E-state index is 0.275. The predicted molar refractivity (Wildman–Crippen MR) is 173 cm³/mol. The van der Waals surface area contributed by atoms with Crippen LogP contribution in [0.3, 0.4) is 0 Å². The first-order chi connectivity index (χ1) is 20.4. The van der Waals surface area contributed by atoms with Crippen molar-refractivity contribution in [3.8, 4) is 16.8 Å². The summed E-state index contributed by atoms with van der Waals surface area (Å²) in [4.78, 5) is 5.72. The van der Waals surface area contributed by atoms with Gasteiger partial charge in [0.25, 0.3) is 0 Å². The van der Waals surface area contributed by atoms with E-state index in [2.05, 4.69) is 120 Å². The number of para-hydroxylation sites is 2. The molecule has 1 nitrogen and oxygen atoms in total. The summed E-state index contributed by atoms with van der Waals surface area (Å²) >= 11 is 3.94. The van der Waals surface area contributed by atoms with Crippen LogP contribution in [-0.4, -0.2) is 11.3 Å². The molecule has 0 bridgehead atoms.